The predicted octanol–water partition coefficient (Wildman–Crippen LogP) is 3.83. The first-order chi connectivity index (χ1) is 15.8. The highest BCUT2D eigenvalue weighted by atomic mass is 28.3. The quantitative estimate of drug-likeness (QED) is 0.314. The van der Waals surface area contributed by atoms with Crippen molar-refractivity contribution in [3.63, 3.8) is 0 Å². The van der Waals surface area contributed by atoms with E-state index in [1.54, 1.807) is 0 Å². The van der Waals surface area contributed by atoms with E-state index in [1.165, 1.54) is 20.7 Å². The van der Waals surface area contributed by atoms with E-state index in [0.29, 0.717) is 0 Å². The summed E-state index contributed by atoms with van der Waals surface area (Å²) in [7, 11) is -2.64. The Morgan fingerprint density at radius 1 is 0.531 bits per heavy atom. The van der Waals surface area contributed by atoms with Crippen LogP contribution in [-0.2, 0) is 0 Å². The van der Waals surface area contributed by atoms with Gasteiger partial charge in [0.2, 0.25) is 0 Å². The highest BCUT2D eigenvalue weighted by molar-refractivity contribution is 7.20. The third-order valence-electron chi connectivity index (χ3n) is 5.99. The molecule has 3 aromatic carbocycles. The molecule has 5 aromatic rings. The number of hydrogen-bond donors (Lipinski definition) is 0. The fraction of sp³-hybridized carbons (Fsp3) is 0.0345. The minimum atomic E-state index is -2.64. The molecule has 3 heteroatoms. The molecule has 0 aliphatic carbocycles. The molecule has 5 rings (SSSR count). The lowest BCUT2D eigenvalue weighted by Gasteiger charge is -2.35. The largest absolute Gasteiger partial charge is 0.255 e. The number of hydrogen-bond acceptors (Lipinski definition) is 2. The van der Waals surface area contributed by atoms with Crippen molar-refractivity contribution in [1.29, 1.82) is 0 Å². The molecule has 0 fully saturated rings. The average molecular weight is 429 g/mol. The Labute approximate surface area is 190 Å². The number of aromatic nitrogens is 2. The van der Waals surface area contributed by atoms with Crippen LogP contribution >= 0.6 is 0 Å². The molecule has 0 saturated heterocycles. The first-order valence-electron chi connectivity index (χ1n) is 10.9. The summed E-state index contributed by atoms with van der Waals surface area (Å²) in [4.78, 5) is 9.66. The van der Waals surface area contributed by atoms with Gasteiger partial charge in [0, 0.05) is 12.4 Å². The summed E-state index contributed by atoms with van der Waals surface area (Å²) in [6.45, 7) is 2.06. The van der Waals surface area contributed by atoms with Gasteiger partial charge >= 0.3 is 0 Å². The second kappa shape index (κ2) is 8.73. The topological polar surface area (TPSA) is 25.8 Å². The van der Waals surface area contributed by atoms with Crippen LogP contribution in [0.25, 0.3) is 11.4 Å². The van der Waals surface area contributed by atoms with Crippen molar-refractivity contribution in [2.24, 2.45) is 0 Å². The minimum absolute atomic E-state index is 0.908. The monoisotopic (exact) mass is 428 g/mol. The van der Waals surface area contributed by atoms with E-state index >= 15 is 0 Å². The fourth-order valence-corrected chi connectivity index (χ4v) is 9.46. The van der Waals surface area contributed by atoms with Gasteiger partial charge in [0.1, 0.15) is 0 Å². The van der Waals surface area contributed by atoms with Crippen LogP contribution in [0.15, 0.2) is 128 Å². The van der Waals surface area contributed by atoms with Gasteiger partial charge in [0.05, 0.1) is 11.4 Å². The van der Waals surface area contributed by atoms with Crippen LogP contribution in [0.5, 0.6) is 0 Å². The van der Waals surface area contributed by atoms with Crippen molar-refractivity contribution < 1.29 is 0 Å². The summed E-state index contributed by atoms with van der Waals surface area (Å²) in [5, 5.41) is 5.25. The molecule has 0 aliphatic heterocycles. The molecular formula is C29H24N2Si. The summed E-state index contributed by atoms with van der Waals surface area (Å²) < 4.78 is 0. The SMILES string of the molecule is Cc1ccc(-c2ncccc2[Si](c2ccccc2)(c2ccccc2)c2ccccc2)nc1. The molecule has 32 heavy (non-hydrogen) atoms. The summed E-state index contributed by atoms with van der Waals surface area (Å²) in [6, 6.07) is 41.2. The fourth-order valence-electron chi connectivity index (χ4n) is 4.55. The zero-order valence-electron chi connectivity index (χ0n) is 18.0. The normalized spacial score (nSPS) is 11.3. The third kappa shape index (κ3) is 3.47. The molecule has 0 N–H and O–H groups in total. The Hall–Kier alpha value is -3.82. The van der Waals surface area contributed by atoms with Crippen molar-refractivity contribution in [1.82, 2.24) is 9.97 Å². The molecule has 0 spiro atoms. The van der Waals surface area contributed by atoms with Crippen molar-refractivity contribution in [2.45, 2.75) is 6.92 Å². The predicted molar refractivity (Wildman–Crippen MR) is 136 cm³/mol. The summed E-state index contributed by atoms with van der Waals surface area (Å²) in [5.74, 6) is 0. The van der Waals surface area contributed by atoms with Gasteiger partial charge in [-0.15, -0.1) is 0 Å². The molecule has 0 aliphatic rings. The van der Waals surface area contributed by atoms with Crippen molar-refractivity contribution in [2.75, 3.05) is 0 Å². The zero-order chi connectivity index (χ0) is 21.8. The number of nitrogens with zero attached hydrogens (tertiary/aromatic N) is 2. The first-order valence-corrected chi connectivity index (χ1v) is 12.9. The van der Waals surface area contributed by atoms with E-state index in [4.69, 9.17) is 9.97 Å². The average Bonchev–Trinajstić information content (AvgIpc) is 2.87. The molecule has 2 aromatic heterocycles. The van der Waals surface area contributed by atoms with E-state index in [1.807, 2.05) is 12.4 Å². The molecule has 2 nitrogen and oxygen atoms in total. The second-order valence-corrected chi connectivity index (χ2v) is 11.7. The summed E-state index contributed by atoms with van der Waals surface area (Å²) in [5.41, 5.74) is 3.01. The van der Waals surface area contributed by atoms with Gasteiger partial charge in [-0.2, -0.15) is 0 Å². The Morgan fingerprint density at radius 3 is 1.53 bits per heavy atom. The summed E-state index contributed by atoms with van der Waals surface area (Å²) >= 11 is 0. The van der Waals surface area contributed by atoms with E-state index < -0.39 is 8.07 Å². The maximum atomic E-state index is 4.89. The molecule has 2 heterocycles. The van der Waals surface area contributed by atoms with E-state index in [0.717, 1.165) is 17.0 Å². The minimum Gasteiger partial charge on any atom is -0.255 e. The van der Waals surface area contributed by atoms with E-state index in [9.17, 15) is 0 Å². The van der Waals surface area contributed by atoms with Gasteiger partial charge in [-0.1, -0.05) is 103 Å². The highest BCUT2D eigenvalue weighted by Crippen LogP contribution is 2.18. The maximum absolute atomic E-state index is 4.89. The van der Waals surface area contributed by atoms with Crippen LogP contribution < -0.4 is 20.7 Å². The van der Waals surface area contributed by atoms with Gasteiger partial charge in [-0.05, 0) is 45.4 Å². The van der Waals surface area contributed by atoms with Crippen molar-refractivity contribution in [3.05, 3.63) is 133 Å². The van der Waals surface area contributed by atoms with Crippen LogP contribution in [-0.4, -0.2) is 18.0 Å². The molecular weight excluding hydrogens is 404 g/mol. The Bertz CT molecular complexity index is 1210. The Balaban J connectivity index is 1.92. The van der Waals surface area contributed by atoms with Crippen molar-refractivity contribution >= 4 is 28.8 Å². The van der Waals surface area contributed by atoms with Crippen LogP contribution in [0, 0.1) is 6.92 Å². The lowest BCUT2D eigenvalue weighted by Crippen LogP contribution is -2.75. The van der Waals surface area contributed by atoms with E-state index in [-0.39, 0.29) is 0 Å². The zero-order valence-corrected chi connectivity index (χ0v) is 19.0. The number of pyridine rings is 2. The molecule has 0 unspecified atom stereocenters. The maximum Gasteiger partial charge on any atom is 0.182 e. The van der Waals surface area contributed by atoms with Crippen LogP contribution in [0.3, 0.4) is 0 Å². The van der Waals surface area contributed by atoms with Crippen molar-refractivity contribution in [3.8, 4) is 11.4 Å². The lowest BCUT2D eigenvalue weighted by atomic mass is 10.2. The molecule has 0 atom stereocenters. The Morgan fingerprint density at radius 2 is 1.06 bits per heavy atom. The van der Waals surface area contributed by atoms with Crippen LogP contribution in [0.2, 0.25) is 0 Å². The second-order valence-electron chi connectivity index (χ2n) is 7.97. The van der Waals surface area contributed by atoms with E-state index in [2.05, 4.69) is 122 Å². The number of benzene rings is 3. The standard InChI is InChI=1S/C29H24N2Si/c1-23-19-20-27(31-22-23)29-28(18-11-21-30-29)32(24-12-5-2-6-13-24,25-14-7-3-8-15-25)26-16-9-4-10-17-26/h2-22H,1H3. The molecule has 0 bridgehead atoms. The van der Waals surface area contributed by atoms with Gasteiger partial charge in [-0.25, -0.2) is 0 Å². The van der Waals surface area contributed by atoms with Gasteiger partial charge < -0.3 is 0 Å². The number of aryl methyl sites for hydroxylation is 1. The van der Waals surface area contributed by atoms with Gasteiger partial charge in [0.15, 0.2) is 8.07 Å². The number of rotatable bonds is 5. The molecule has 0 radical (unpaired) electrons. The third-order valence-corrected chi connectivity index (χ3v) is 10.8. The van der Waals surface area contributed by atoms with Gasteiger partial charge in [-0.3, -0.25) is 9.97 Å². The molecule has 0 saturated carbocycles. The first kappa shape index (κ1) is 20.1. The van der Waals surface area contributed by atoms with Gasteiger partial charge in [0.25, 0.3) is 0 Å². The van der Waals surface area contributed by atoms with Crippen LogP contribution in [0.4, 0.5) is 0 Å². The Kier molecular flexibility index (Phi) is 5.49. The summed E-state index contributed by atoms with van der Waals surface area (Å²) in [6.07, 6.45) is 3.80. The smallest absolute Gasteiger partial charge is 0.182 e. The lowest BCUT2D eigenvalue weighted by molar-refractivity contribution is 1.23. The highest BCUT2D eigenvalue weighted by Gasteiger charge is 2.43. The van der Waals surface area contributed by atoms with Crippen LogP contribution in [0.1, 0.15) is 5.56 Å². The molecule has 154 valence electrons. The molecule has 0 amide bonds.